The second-order valence-electron chi connectivity index (χ2n) is 5.85. The number of benzene rings is 1. The molecule has 0 aliphatic heterocycles. The fourth-order valence-corrected chi connectivity index (χ4v) is 2.03. The molecule has 0 aromatic heterocycles. The third-order valence-corrected chi connectivity index (χ3v) is 3.03. The van der Waals surface area contributed by atoms with Crippen molar-refractivity contribution in [2.45, 2.75) is 27.2 Å². The average Bonchev–Trinajstić information content (AvgIpc) is 2.29. The Kier molecular flexibility index (Phi) is 5.20. The van der Waals surface area contributed by atoms with Crippen molar-refractivity contribution in [2.24, 2.45) is 17.1 Å². The summed E-state index contributed by atoms with van der Waals surface area (Å²) in [5.74, 6) is -0.378. The lowest BCUT2D eigenvalue weighted by molar-refractivity contribution is -0.120. The number of carbonyl (C=O) groups is 1. The third kappa shape index (κ3) is 5.09. The van der Waals surface area contributed by atoms with Gasteiger partial charge in [0.2, 0.25) is 5.91 Å². The molecule has 0 spiro atoms. The normalized spacial score (nSPS) is 13.1. The summed E-state index contributed by atoms with van der Waals surface area (Å²) in [7, 11) is 0. The zero-order valence-electron chi connectivity index (χ0n) is 11.5. The largest absolute Gasteiger partial charge is 0.506 e. The Balaban J connectivity index is 2.74. The van der Waals surface area contributed by atoms with Gasteiger partial charge in [0.05, 0.1) is 10.9 Å². The van der Waals surface area contributed by atoms with Crippen LogP contribution in [0.2, 0.25) is 5.02 Å². The van der Waals surface area contributed by atoms with E-state index in [1.807, 2.05) is 0 Å². The standard InChI is InChI=1S/C14H21ClN2O2/c1-14(2,3)7-9(8-16)13(19)17-10-4-5-12(18)11(15)6-10/h4-6,9,18H,7-8,16H2,1-3H3,(H,17,19). The van der Waals surface area contributed by atoms with Crippen LogP contribution >= 0.6 is 11.6 Å². The van der Waals surface area contributed by atoms with Gasteiger partial charge in [-0.2, -0.15) is 0 Å². The van der Waals surface area contributed by atoms with Crippen LogP contribution in [0.1, 0.15) is 27.2 Å². The summed E-state index contributed by atoms with van der Waals surface area (Å²) in [4.78, 5) is 12.1. The summed E-state index contributed by atoms with van der Waals surface area (Å²) in [5.41, 5.74) is 6.25. The molecular formula is C14H21ClN2O2. The van der Waals surface area contributed by atoms with Gasteiger partial charge in [-0.1, -0.05) is 32.4 Å². The van der Waals surface area contributed by atoms with Crippen molar-refractivity contribution < 1.29 is 9.90 Å². The number of anilines is 1. The second kappa shape index (κ2) is 6.26. The van der Waals surface area contributed by atoms with E-state index < -0.39 is 0 Å². The summed E-state index contributed by atoms with van der Waals surface area (Å²) in [6, 6.07) is 4.56. The Bertz CT molecular complexity index is 455. The van der Waals surface area contributed by atoms with Crippen LogP contribution in [0.15, 0.2) is 18.2 Å². The zero-order chi connectivity index (χ0) is 14.6. The van der Waals surface area contributed by atoms with Gasteiger partial charge in [-0.15, -0.1) is 0 Å². The molecule has 0 bridgehead atoms. The van der Waals surface area contributed by atoms with Crippen LogP contribution in [0, 0.1) is 11.3 Å². The Morgan fingerprint density at radius 1 is 1.47 bits per heavy atom. The molecule has 0 fully saturated rings. The van der Waals surface area contributed by atoms with Gasteiger partial charge in [0.1, 0.15) is 5.75 Å². The highest BCUT2D eigenvalue weighted by molar-refractivity contribution is 6.32. The van der Waals surface area contributed by atoms with E-state index in [0.717, 1.165) is 0 Å². The molecule has 0 aliphatic rings. The number of nitrogens with one attached hydrogen (secondary N) is 1. The molecule has 0 saturated carbocycles. The van der Waals surface area contributed by atoms with Gasteiger partial charge >= 0.3 is 0 Å². The minimum Gasteiger partial charge on any atom is -0.506 e. The quantitative estimate of drug-likeness (QED) is 0.744. The van der Waals surface area contributed by atoms with Gasteiger partial charge in [-0.25, -0.2) is 0 Å². The maximum Gasteiger partial charge on any atom is 0.228 e. The van der Waals surface area contributed by atoms with Crippen molar-refractivity contribution in [2.75, 3.05) is 11.9 Å². The van der Waals surface area contributed by atoms with E-state index in [1.165, 1.54) is 12.1 Å². The van der Waals surface area contributed by atoms with E-state index in [9.17, 15) is 9.90 Å². The Labute approximate surface area is 118 Å². The fourth-order valence-electron chi connectivity index (χ4n) is 1.85. The highest BCUT2D eigenvalue weighted by Gasteiger charge is 2.23. The van der Waals surface area contributed by atoms with Gasteiger partial charge in [-0.3, -0.25) is 4.79 Å². The minimum absolute atomic E-state index is 0.00951. The SMILES string of the molecule is CC(C)(C)CC(CN)C(=O)Nc1ccc(O)c(Cl)c1. The summed E-state index contributed by atoms with van der Waals surface area (Å²) >= 11 is 5.79. The van der Waals surface area contributed by atoms with E-state index in [0.29, 0.717) is 18.7 Å². The van der Waals surface area contributed by atoms with E-state index in [4.69, 9.17) is 17.3 Å². The maximum atomic E-state index is 12.1. The first kappa shape index (κ1) is 15.8. The number of rotatable bonds is 4. The van der Waals surface area contributed by atoms with Crippen LogP contribution in [0.4, 0.5) is 5.69 Å². The van der Waals surface area contributed by atoms with Crippen LogP contribution in [-0.2, 0) is 4.79 Å². The Hall–Kier alpha value is -1.26. The highest BCUT2D eigenvalue weighted by atomic mass is 35.5. The molecule has 19 heavy (non-hydrogen) atoms. The lowest BCUT2D eigenvalue weighted by Crippen LogP contribution is -2.32. The summed E-state index contributed by atoms with van der Waals surface area (Å²) in [6.07, 6.45) is 0.709. The average molecular weight is 285 g/mol. The lowest BCUT2D eigenvalue weighted by Gasteiger charge is -2.24. The highest BCUT2D eigenvalue weighted by Crippen LogP contribution is 2.28. The second-order valence-corrected chi connectivity index (χ2v) is 6.26. The van der Waals surface area contributed by atoms with E-state index in [2.05, 4.69) is 26.1 Å². The van der Waals surface area contributed by atoms with Crippen molar-refractivity contribution in [1.82, 2.24) is 0 Å². The van der Waals surface area contributed by atoms with Crippen LogP contribution in [0.3, 0.4) is 0 Å². The number of phenolic OH excluding ortho intramolecular Hbond substituents is 1. The van der Waals surface area contributed by atoms with Gasteiger partial charge in [0.25, 0.3) is 0 Å². The Morgan fingerprint density at radius 3 is 2.58 bits per heavy atom. The summed E-state index contributed by atoms with van der Waals surface area (Å²) in [5, 5.41) is 12.3. The Morgan fingerprint density at radius 2 is 2.11 bits per heavy atom. The van der Waals surface area contributed by atoms with E-state index in [-0.39, 0.29) is 28.0 Å². The monoisotopic (exact) mass is 284 g/mol. The first-order valence-electron chi connectivity index (χ1n) is 6.22. The molecule has 4 nitrogen and oxygen atoms in total. The number of nitrogens with two attached hydrogens (primary N) is 1. The minimum atomic E-state index is -0.243. The molecule has 5 heteroatoms. The van der Waals surface area contributed by atoms with Crippen molar-refractivity contribution >= 4 is 23.2 Å². The number of amides is 1. The molecule has 1 amide bonds. The van der Waals surface area contributed by atoms with Crippen molar-refractivity contribution in [3.8, 4) is 5.75 Å². The lowest BCUT2D eigenvalue weighted by atomic mass is 9.84. The maximum absolute atomic E-state index is 12.1. The number of halogens is 1. The number of hydrogen-bond acceptors (Lipinski definition) is 3. The van der Waals surface area contributed by atoms with Crippen molar-refractivity contribution in [3.05, 3.63) is 23.2 Å². The molecule has 0 heterocycles. The molecule has 0 aliphatic carbocycles. The predicted octanol–water partition coefficient (Wildman–Crippen LogP) is 3.00. The number of carbonyl (C=O) groups excluding carboxylic acids is 1. The first-order valence-corrected chi connectivity index (χ1v) is 6.60. The van der Waals surface area contributed by atoms with Crippen LogP contribution in [-0.4, -0.2) is 17.6 Å². The van der Waals surface area contributed by atoms with Crippen LogP contribution in [0.25, 0.3) is 0 Å². The molecular weight excluding hydrogens is 264 g/mol. The molecule has 0 saturated heterocycles. The van der Waals surface area contributed by atoms with Crippen LogP contribution < -0.4 is 11.1 Å². The van der Waals surface area contributed by atoms with E-state index in [1.54, 1.807) is 6.07 Å². The summed E-state index contributed by atoms with van der Waals surface area (Å²) in [6.45, 7) is 6.51. The molecule has 4 N–H and O–H groups in total. The van der Waals surface area contributed by atoms with Gasteiger partial charge in [0, 0.05) is 12.2 Å². The molecule has 1 rings (SSSR count). The van der Waals surface area contributed by atoms with E-state index >= 15 is 0 Å². The van der Waals surface area contributed by atoms with Crippen molar-refractivity contribution in [3.63, 3.8) is 0 Å². The molecule has 1 aromatic carbocycles. The van der Waals surface area contributed by atoms with Crippen LogP contribution in [0.5, 0.6) is 5.75 Å². The van der Waals surface area contributed by atoms with Gasteiger partial charge in [0.15, 0.2) is 0 Å². The van der Waals surface area contributed by atoms with Gasteiger partial charge < -0.3 is 16.2 Å². The molecule has 0 radical (unpaired) electrons. The number of phenols is 1. The number of aromatic hydroxyl groups is 1. The molecule has 1 unspecified atom stereocenters. The first-order chi connectivity index (χ1) is 8.73. The molecule has 1 atom stereocenters. The molecule has 1 aromatic rings. The zero-order valence-corrected chi connectivity index (χ0v) is 12.3. The number of hydrogen-bond donors (Lipinski definition) is 3. The van der Waals surface area contributed by atoms with Crippen molar-refractivity contribution in [1.29, 1.82) is 0 Å². The predicted molar refractivity (Wildman–Crippen MR) is 78.4 cm³/mol. The van der Waals surface area contributed by atoms with Gasteiger partial charge in [-0.05, 0) is 30.0 Å². The topological polar surface area (TPSA) is 75.4 Å². The fraction of sp³-hybridized carbons (Fsp3) is 0.500. The smallest absolute Gasteiger partial charge is 0.228 e. The summed E-state index contributed by atoms with van der Waals surface area (Å²) < 4.78 is 0. The molecule has 106 valence electrons. The third-order valence-electron chi connectivity index (χ3n) is 2.73.